The highest BCUT2D eigenvalue weighted by Crippen LogP contribution is 2.44. The topological polar surface area (TPSA) is 185 Å². The van der Waals surface area contributed by atoms with Gasteiger partial charge in [-0.05, 0) is 79.2 Å². The van der Waals surface area contributed by atoms with E-state index in [1.54, 1.807) is 33.1 Å². The van der Waals surface area contributed by atoms with Crippen LogP contribution in [0.5, 0.6) is 11.5 Å². The van der Waals surface area contributed by atoms with Crippen LogP contribution in [0.15, 0.2) is 168 Å². The molecule has 0 fully saturated rings. The van der Waals surface area contributed by atoms with E-state index in [2.05, 4.69) is 20.5 Å². The fourth-order valence-corrected chi connectivity index (χ4v) is 9.11. The predicted molar refractivity (Wildman–Crippen MR) is 246 cm³/mol. The Labute approximate surface area is 357 Å². The molecule has 0 spiro atoms. The fourth-order valence-electron chi connectivity index (χ4n) is 9.11. The number of phenolic OH excluding ortho intramolecular Hbond substituents is 2. The molecule has 8 aromatic carbocycles. The van der Waals surface area contributed by atoms with Crippen LogP contribution >= 0.6 is 0 Å². The molecule has 13 aromatic rings. The third-order valence-corrected chi connectivity index (χ3v) is 12.0. The van der Waals surface area contributed by atoms with Gasteiger partial charge in [0.1, 0.15) is 39.7 Å². The minimum Gasteiger partial charge on any atom is -0.506 e. The van der Waals surface area contributed by atoms with E-state index in [1.165, 1.54) is 12.1 Å². The Morgan fingerprint density at radius 1 is 0.516 bits per heavy atom. The first-order chi connectivity index (χ1) is 31.3. The molecule has 5 aromatic heterocycles. The van der Waals surface area contributed by atoms with Crippen molar-refractivity contribution < 1.29 is 14.6 Å². The van der Waals surface area contributed by atoms with Crippen LogP contribution in [0.4, 0.5) is 22.7 Å². The highest BCUT2D eigenvalue weighted by Gasteiger charge is 2.22. The molecule has 0 atom stereocenters. The molecule has 0 bridgehead atoms. The summed E-state index contributed by atoms with van der Waals surface area (Å²) in [6, 6.07) is 39.8. The first-order valence-electron chi connectivity index (χ1n) is 20.3. The first kappa shape index (κ1) is 35.6. The van der Waals surface area contributed by atoms with Crippen molar-refractivity contribution >= 4 is 110 Å². The summed E-state index contributed by atoms with van der Waals surface area (Å²) in [5, 5.41) is 45.2. The highest BCUT2D eigenvalue weighted by molar-refractivity contribution is 6.20. The van der Waals surface area contributed by atoms with E-state index in [0.29, 0.717) is 99.6 Å². The molecule has 302 valence electrons. The van der Waals surface area contributed by atoms with E-state index in [1.807, 2.05) is 104 Å². The molecule has 13 rings (SSSR count). The fraction of sp³-hybridized carbons (Fsp3) is 0.0200. The lowest BCUT2D eigenvalue weighted by atomic mass is 10.0. The van der Waals surface area contributed by atoms with Gasteiger partial charge >= 0.3 is 0 Å². The second-order valence-electron chi connectivity index (χ2n) is 15.7. The van der Waals surface area contributed by atoms with Crippen molar-refractivity contribution in [3.05, 3.63) is 160 Å². The Kier molecular flexibility index (Phi) is 7.18. The van der Waals surface area contributed by atoms with Crippen LogP contribution in [0.2, 0.25) is 0 Å². The van der Waals surface area contributed by atoms with Gasteiger partial charge in [-0.2, -0.15) is 10.2 Å². The highest BCUT2D eigenvalue weighted by atomic mass is 16.3. The maximum Gasteiger partial charge on any atom is 0.264 e. The van der Waals surface area contributed by atoms with Crippen molar-refractivity contribution in [3.8, 4) is 23.0 Å². The number of imidazole rings is 2. The molecule has 0 aliphatic carbocycles. The summed E-state index contributed by atoms with van der Waals surface area (Å²) in [6.07, 6.45) is 0. The Morgan fingerprint density at radius 3 is 1.67 bits per heavy atom. The van der Waals surface area contributed by atoms with Crippen LogP contribution in [0.3, 0.4) is 0 Å². The zero-order chi connectivity index (χ0) is 43.0. The number of para-hydroxylation sites is 4. The second-order valence-corrected chi connectivity index (χ2v) is 15.7. The van der Waals surface area contributed by atoms with Crippen molar-refractivity contribution in [1.82, 2.24) is 23.8 Å². The molecule has 5 heterocycles. The van der Waals surface area contributed by atoms with E-state index in [4.69, 9.17) is 19.4 Å². The van der Waals surface area contributed by atoms with E-state index in [-0.39, 0.29) is 34.0 Å². The SMILES string of the molecule is Cc1cc(-c2nc3ccc(N=Nc4c(O)cc5c(=O)n6c7ccccc7nc6c6cccc4c56)cc3o2)ccc1N=Nc1c(O)cc2c(=O)n3c4ccccc4nc3c3cccc1c23. The number of nitrogens with zero attached hydrogens (tertiary/aromatic N) is 9. The maximum atomic E-state index is 13.8. The number of aromatic nitrogens is 5. The summed E-state index contributed by atoms with van der Waals surface area (Å²) in [7, 11) is 0. The third kappa shape index (κ3) is 4.98. The van der Waals surface area contributed by atoms with Crippen molar-refractivity contribution in [2.24, 2.45) is 20.5 Å². The number of hydrogen-bond donors (Lipinski definition) is 2. The molecule has 64 heavy (non-hydrogen) atoms. The van der Waals surface area contributed by atoms with Crippen LogP contribution < -0.4 is 11.1 Å². The predicted octanol–water partition coefficient (Wildman–Crippen LogP) is 11.9. The van der Waals surface area contributed by atoms with E-state index < -0.39 is 0 Å². The molecule has 2 N–H and O–H groups in total. The molecule has 14 nitrogen and oxygen atoms in total. The molecule has 0 unspecified atom stereocenters. The molecule has 0 saturated carbocycles. The molecule has 0 aliphatic heterocycles. The Bertz CT molecular complexity index is 4360. The number of azo groups is 2. The summed E-state index contributed by atoms with van der Waals surface area (Å²) >= 11 is 0. The summed E-state index contributed by atoms with van der Waals surface area (Å²) in [6.45, 7) is 1.89. The Balaban J connectivity index is 0.819. The minimum atomic E-state index is -0.278. The lowest BCUT2D eigenvalue weighted by Crippen LogP contribution is -2.13. The summed E-state index contributed by atoms with van der Waals surface area (Å²) < 4.78 is 9.39. The number of oxazole rings is 1. The van der Waals surface area contributed by atoms with Crippen LogP contribution in [0.1, 0.15) is 5.56 Å². The second kappa shape index (κ2) is 12.9. The minimum absolute atomic E-state index is 0.166. The molecule has 0 amide bonds. The van der Waals surface area contributed by atoms with Gasteiger partial charge in [0.05, 0.1) is 44.2 Å². The van der Waals surface area contributed by atoms with Gasteiger partial charge in [0.15, 0.2) is 5.58 Å². The van der Waals surface area contributed by atoms with Crippen LogP contribution in [0, 0.1) is 6.92 Å². The van der Waals surface area contributed by atoms with Gasteiger partial charge in [-0.1, -0.05) is 60.7 Å². The van der Waals surface area contributed by atoms with Gasteiger partial charge in [-0.15, -0.1) is 10.2 Å². The average Bonchev–Trinajstić information content (AvgIpc) is 4.04. The normalized spacial score (nSPS) is 12.6. The number of pyridine rings is 2. The van der Waals surface area contributed by atoms with Gasteiger partial charge in [0.2, 0.25) is 5.89 Å². The standard InChI is InChI=1S/C50H27N9O5/c1-24-20-25(16-18-33(24)55-57-45-28-9-7-11-30-43(28)32(23-40(45)61)50(63)59-38-15-5-3-13-35(38)52-47(30)59)48-53-36-19-17-26(21-41(36)64-48)54-56-44-27-8-6-10-29-42(27)31(22-39(44)60)49(62)58-37-14-4-2-12-34(37)51-46(29)58/h2-23,60-61H,1H3. The maximum absolute atomic E-state index is 13.8. The quantitative estimate of drug-likeness (QED) is 0.160. The van der Waals surface area contributed by atoms with Crippen LogP contribution in [-0.4, -0.2) is 34.0 Å². The number of phenols is 2. The summed E-state index contributed by atoms with van der Waals surface area (Å²) in [5.41, 5.74) is 7.38. The Hall–Kier alpha value is -9.17. The molecule has 0 aliphatic rings. The van der Waals surface area contributed by atoms with Gasteiger partial charge in [0, 0.05) is 43.9 Å². The van der Waals surface area contributed by atoms with Crippen molar-refractivity contribution in [3.63, 3.8) is 0 Å². The number of aryl methyl sites for hydroxylation is 1. The number of rotatable bonds is 5. The van der Waals surface area contributed by atoms with Crippen molar-refractivity contribution in [1.29, 1.82) is 0 Å². The lowest BCUT2D eigenvalue weighted by molar-refractivity contribution is 0.477. The van der Waals surface area contributed by atoms with E-state index in [0.717, 1.165) is 16.3 Å². The third-order valence-electron chi connectivity index (χ3n) is 12.0. The van der Waals surface area contributed by atoms with Crippen molar-refractivity contribution in [2.75, 3.05) is 0 Å². The molecule has 14 heteroatoms. The van der Waals surface area contributed by atoms with Gasteiger partial charge in [0.25, 0.3) is 11.1 Å². The zero-order valence-corrected chi connectivity index (χ0v) is 33.3. The molecule has 0 saturated heterocycles. The van der Waals surface area contributed by atoms with Gasteiger partial charge < -0.3 is 14.6 Å². The van der Waals surface area contributed by atoms with Crippen LogP contribution in [-0.2, 0) is 0 Å². The monoisotopic (exact) mass is 833 g/mol. The number of benzene rings is 8. The van der Waals surface area contributed by atoms with E-state index >= 15 is 0 Å². The summed E-state index contributed by atoms with van der Waals surface area (Å²) in [4.78, 5) is 41.9. The van der Waals surface area contributed by atoms with Crippen LogP contribution in [0.25, 0.3) is 99.0 Å². The molecular weight excluding hydrogens is 807 g/mol. The van der Waals surface area contributed by atoms with Crippen molar-refractivity contribution in [2.45, 2.75) is 6.92 Å². The van der Waals surface area contributed by atoms with Gasteiger partial charge in [-0.3, -0.25) is 18.4 Å². The first-order valence-corrected chi connectivity index (χ1v) is 20.3. The zero-order valence-electron chi connectivity index (χ0n) is 33.3. The molecule has 0 radical (unpaired) electrons. The summed E-state index contributed by atoms with van der Waals surface area (Å²) in [5.74, 6) is 0.0343. The average molecular weight is 834 g/mol. The molecular formula is C50H27N9O5. The van der Waals surface area contributed by atoms with E-state index in [9.17, 15) is 19.8 Å². The Morgan fingerprint density at radius 2 is 1.08 bits per heavy atom. The number of aromatic hydroxyl groups is 2. The number of hydrogen-bond acceptors (Lipinski definition) is 12. The smallest absolute Gasteiger partial charge is 0.264 e. The largest absolute Gasteiger partial charge is 0.506 e. The number of fused-ring (bicyclic) bond motifs is 9. The lowest BCUT2D eigenvalue weighted by Gasteiger charge is -2.10. The van der Waals surface area contributed by atoms with Gasteiger partial charge in [-0.25, -0.2) is 15.0 Å².